The third-order valence-corrected chi connectivity index (χ3v) is 9.38. The highest BCUT2D eigenvalue weighted by atomic mass is 79.9. The number of ketones is 1. The van der Waals surface area contributed by atoms with Crippen molar-refractivity contribution in [3.05, 3.63) is 35.9 Å². The highest BCUT2D eigenvalue weighted by Crippen LogP contribution is 2.38. The number of carboxylic acid groups (broad SMARTS) is 1. The molecule has 0 saturated heterocycles. The SMILES string of the molecule is O=C(O)CCC(=O)[C@@H](Br)[C@@H](Br)[C@H](Br)[C@H](Br)c1ccccc1. The minimum absolute atomic E-state index is 0.0192. The Balaban J connectivity index is 2.66. The summed E-state index contributed by atoms with van der Waals surface area (Å²) in [6.45, 7) is 0. The predicted octanol–water partition coefficient (Wildman–Crippen LogP) is 4.85. The molecule has 0 aromatic heterocycles. The number of carboxylic acids is 1. The molecule has 3 nitrogen and oxygen atoms in total. The second-order valence-corrected chi connectivity index (χ2v) is 8.55. The molecule has 0 bridgehead atoms. The van der Waals surface area contributed by atoms with Gasteiger partial charge in [0.15, 0.2) is 0 Å². The van der Waals surface area contributed by atoms with Gasteiger partial charge in [-0.05, 0) is 5.56 Å². The van der Waals surface area contributed by atoms with Gasteiger partial charge in [0.1, 0.15) is 5.78 Å². The van der Waals surface area contributed by atoms with Crippen LogP contribution >= 0.6 is 63.7 Å². The lowest BCUT2D eigenvalue weighted by Crippen LogP contribution is -2.33. The normalized spacial score (nSPS) is 16.8. The van der Waals surface area contributed by atoms with Gasteiger partial charge in [-0.25, -0.2) is 0 Å². The van der Waals surface area contributed by atoms with Gasteiger partial charge >= 0.3 is 5.97 Å². The van der Waals surface area contributed by atoms with E-state index >= 15 is 0 Å². The molecule has 1 rings (SSSR count). The third-order valence-electron chi connectivity index (χ3n) is 2.87. The molecule has 0 spiro atoms. The first kappa shape index (κ1) is 19.3. The number of aliphatic carboxylic acids is 1. The number of halogens is 4. The van der Waals surface area contributed by atoms with Crippen molar-refractivity contribution < 1.29 is 14.7 Å². The first-order chi connectivity index (χ1) is 9.84. The van der Waals surface area contributed by atoms with Gasteiger partial charge in [-0.1, -0.05) is 94.1 Å². The number of carbonyl (C=O) groups excluding carboxylic acids is 1. The van der Waals surface area contributed by atoms with Crippen molar-refractivity contribution in [2.45, 2.75) is 32.2 Å². The molecule has 1 aromatic rings. The Bertz CT molecular complexity index is 480. The molecule has 0 heterocycles. The van der Waals surface area contributed by atoms with Gasteiger partial charge in [-0.2, -0.15) is 0 Å². The Morgan fingerprint density at radius 3 is 2.05 bits per heavy atom. The summed E-state index contributed by atoms with van der Waals surface area (Å²) in [5, 5.41) is 8.63. The lowest BCUT2D eigenvalue weighted by atomic mass is 10.0. The zero-order chi connectivity index (χ0) is 16.0. The summed E-state index contributed by atoms with van der Waals surface area (Å²) in [7, 11) is 0. The topological polar surface area (TPSA) is 54.4 Å². The number of hydrogen-bond acceptors (Lipinski definition) is 2. The maximum absolute atomic E-state index is 12.0. The molecule has 1 aromatic carbocycles. The van der Waals surface area contributed by atoms with Gasteiger partial charge in [-0.3, -0.25) is 9.59 Å². The lowest BCUT2D eigenvalue weighted by Gasteiger charge is -2.25. The van der Waals surface area contributed by atoms with Crippen molar-refractivity contribution in [2.24, 2.45) is 0 Å². The second kappa shape index (κ2) is 9.43. The van der Waals surface area contributed by atoms with Crippen LogP contribution in [0.25, 0.3) is 0 Å². The van der Waals surface area contributed by atoms with E-state index in [-0.39, 0.29) is 33.1 Å². The monoisotopic (exact) mass is 546 g/mol. The van der Waals surface area contributed by atoms with E-state index in [4.69, 9.17) is 5.11 Å². The predicted molar refractivity (Wildman–Crippen MR) is 98.1 cm³/mol. The first-order valence-electron chi connectivity index (χ1n) is 6.20. The smallest absolute Gasteiger partial charge is 0.303 e. The fourth-order valence-corrected chi connectivity index (χ4v) is 4.91. The van der Waals surface area contributed by atoms with E-state index in [2.05, 4.69) is 63.7 Å². The molecule has 0 aliphatic heterocycles. The van der Waals surface area contributed by atoms with E-state index in [1.165, 1.54) is 0 Å². The molecule has 21 heavy (non-hydrogen) atoms. The van der Waals surface area contributed by atoms with E-state index < -0.39 is 10.8 Å². The molecule has 0 amide bonds. The van der Waals surface area contributed by atoms with Crippen LogP contribution in [0.2, 0.25) is 0 Å². The van der Waals surface area contributed by atoms with Gasteiger partial charge in [-0.15, -0.1) is 0 Å². The number of hydrogen-bond donors (Lipinski definition) is 1. The van der Waals surface area contributed by atoms with Gasteiger partial charge in [0.25, 0.3) is 0 Å². The molecular formula is C14H14Br4O3. The molecular weight excluding hydrogens is 536 g/mol. The zero-order valence-electron chi connectivity index (χ0n) is 10.9. The van der Waals surface area contributed by atoms with E-state index in [0.29, 0.717) is 0 Å². The number of Topliss-reactive ketones (excluding diaryl/α,β-unsaturated/α-hetero) is 1. The Morgan fingerprint density at radius 1 is 0.952 bits per heavy atom. The highest BCUT2D eigenvalue weighted by Gasteiger charge is 2.33. The lowest BCUT2D eigenvalue weighted by molar-refractivity contribution is -0.138. The van der Waals surface area contributed by atoms with Crippen molar-refractivity contribution in [1.82, 2.24) is 0 Å². The number of rotatable bonds is 8. The van der Waals surface area contributed by atoms with Crippen molar-refractivity contribution in [2.75, 3.05) is 0 Å². The van der Waals surface area contributed by atoms with Crippen LogP contribution in [0.1, 0.15) is 23.2 Å². The maximum Gasteiger partial charge on any atom is 0.303 e. The van der Waals surface area contributed by atoms with Crippen LogP contribution in [0, 0.1) is 0 Å². The van der Waals surface area contributed by atoms with Gasteiger partial charge < -0.3 is 5.11 Å². The zero-order valence-corrected chi connectivity index (χ0v) is 17.2. The van der Waals surface area contributed by atoms with Crippen LogP contribution in [-0.4, -0.2) is 31.3 Å². The summed E-state index contributed by atoms with van der Waals surface area (Å²) in [5.41, 5.74) is 1.10. The molecule has 0 fully saturated rings. The fraction of sp³-hybridized carbons (Fsp3) is 0.429. The van der Waals surface area contributed by atoms with Crippen molar-refractivity contribution in [3.8, 4) is 0 Å². The summed E-state index contributed by atoms with van der Waals surface area (Å²) >= 11 is 14.1. The minimum Gasteiger partial charge on any atom is -0.481 e. The number of carbonyl (C=O) groups is 2. The van der Waals surface area contributed by atoms with Crippen LogP contribution in [0.15, 0.2) is 30.3 Å². The Labute approximate surface area is 157 Å². The van der Waals surface area contributed by atoms with Crippen LogP contribution in [0.3, 0.4) is 0 Å². The van der Waals surface area contributed by atoms with Crippen molar-refractivity contribution >= 4 is 75.5 Å². The third kappa shape index (κ3) is 6.12. The largest absolute Gasteiger partial charge is 0.481 e. The van der Waals surface area contributed by atoms with Crippen LogP contribution in [0.5, 0.6) is 0 Å². The first-order valence-corrected chi connectivity index (χ1v) is 9.86. The fourth-order valence-electron chi connectivity index (χ4n) is 1.69. The molecule has 0 radical (unpaired) electrons. The van der Waals surface area contributed by atoms with Gasteiger partial charge in [0.2, 0.25) is 0 Å². The summed E-state index contributed by atoms with van der Waals surface area (Å²) in [6, 6.07) is 9.86. The molecule has 0 unspecified atom stereocenters. The molecule has 7 heteroatoms. The minimum atomic E-state index is -0.966. The summed E-state index contributed by atoms with van der Waals surface area (Å²) in [5.74, 6) is -1.09. The van der Waals surface area contributed by atoms with E-state index in [1.807, 2.05) is 30.3 Å². The maximum atomic E-state index is 12.0. The van der Waals surface area contributed by atoms with E-state index in [9.17, 15) is 9.59 Å². The average molecular weight is 550 g/mol. The van der Waals surface area contributed by atoms with Crippen molar-refractivity contribution in [1.29, 1.82) is 0 Å². The van der Waals surface area contributed by atoms with E-state index in [0.717, 1.165) is 5.56 Å². The molecule has 0 aliphatic rings. The van der Waals surface area contributed by atoms with Crippen LogP contribution in [-0.2, 0) is 9.59 Å². The highest BCUT2D eigenvalue weighted by molar-refractivity contribution is 9.14. The summed E-state index contributed by atoms with van der Waals surface area (Å²) < 4.78 is 0. The van der Waals surface area contributed by atoms with Crippen LogP contribution in [0.4, 0.5) is 0 Å². The second-order valence-electron chi connectivity index (χ2n) is 4.46. The molecule has 4 atom stereocenters. The molecule has 1 N–H and O–H groups in total. The molecule has 0 aliphatic carbocycles. The Kier molecular flexibility index (Phi) is 8.67. The van der Waals surface area contributed by atoms with Gasteiger partial charge in [0.05, 0.1) is 16.1 Å². The van der Waals surface area contributed by atoms with E-state index in [1.54, 1.807) is 0 Å². The van der Waals surface area contributed by atoms with Crippen molar-refractivity contribution in [3.63, 3.8) is 0 Å². The number of alkyl halides is 4. The number of benzene rings is 1. The summed E-state index contributed by atoms with van der Waals surface area (Å²) in [6.07, 6.45) is -0.130. The van der Waals surface area contributed by atoms with Gasteiger partial charge in [0, 0.05) is 16.1 Å². The van der Waals surface area contributed by atoms with Crippen LogP contribution < -0.4 is 0 Å². The molecule has 0 saturated carbocycles. The summed E-state index contributed by atoms with van der Waals surface area (Å²) in [4.78, 5) is 21.9. The quantitative estimate of drug-likeness (QED) is 0.472. The average Bonchev–Trinajstić information content (AvgIpc) is 2.50. The Hall–Kier alpha value is 0.280. The standard InChI is InChI=1S/C14H14Br4O3/c15-11(8-4-2-1-3-5-8)13(17)14(18)12(16)9(19)6-7-10(20)21/h1-5,11-14H,6-7H2,(H,20,21)/t11-,12-,13-,14-/m1/s1. The Morgan fingerprint density at radius 2 is 1.52 bits per heavy atom. The molecule has 116 valence electrons.